The zero-order chi connectivity index (χ0) is 19.9. The van der Waals surface area contributed by atoms with E-state index in [1.54, 1.807) is 39.5 Å². The average Bonchev–Trinajstić information content (AvgIpc) is 3.27. The van der Waals surface area contributed by atoms with E-state index in [1.807, 2.05) is 53.4 Å². The average molecular weight is 380 g/mol. The van der Waals surface area contributed by atoms with Crippen molar-refractivity contribution in [2.45, 2.75) is 12.5 Å². The van der Waals surface area contributed by atoms with Gasteiger partial charge in [-0.2, -0.15) is 0 Å². The molecule has 28 heavy (non-hydrogen) atoms. The van der Waals surface area contributed by atoms with Crippen LogP contribution >= 0.6 is 0 Å². The minimum Gasteiger partial charge on any atom is -0.497 e. The zero-order valence-corrected chi connectivity index (χ0v) is 16.2. The fraction of sp³-hybridized carbons (Fsp3) is 0.227. The van der Waals surface area contributed by atoms with E-state index in [4.69, 9.17) is 14.2 Å². The molecule has 0 spiro atoms. The van der Waals surface area contributed by atoms with Gasteiger partial charge in [-0.25, -0.2) is 0 Å². The number of carbonyl (C=O) groups is 1. The SMILES string of the molecule is COc1ccc([C@@H](CC(=O)Nc2ccc(OC)cc2OC)n2cccc2)cc1. The molecule has 2 aromatic carbocycles. The number of methoxy groups -OCH3 is 3. The molecule has 0 saturated carbocycles. The molecule has 0 aliphatic rings. The van der Waals surface area contributed by atoms with Crippen molar-refractivity contribution in [3.8, 4) is 17.2 Å². The third-order valence-corrected chi connectivity index (χ3v) is 4.55. The second-order valence-electron chi connectivity index (χ2n) is 6.24. The summed E-state index contributed by atoms with van der Waals surface area (Å²) in [4.78, 5) is 12.8. The standard InChI is InChI=1S/C22H24N2O4/c1-26-17-8-6-16(7-9-17)20(24-12-4-5-13-24)15-22(25)23-19-11-10-18(27-2)14-21(19)28-3/h4-14,20H,15H2,1-3H3,(H,23,25)/t20-/m1/s1. The maximum Gasteiger partial charge on any atom is 0.226 e. The van der Waals surface area contributed by atoms with Gasteiger partial charge in [0.05, 0.1) is 39.5 Å². The van der Waals surface area contributed by atoms with Gasteiger partial charge in [0.25, 0.3) is 0 Å². The summed E-state index contributed by atoms with van der Waals surface area (Å²) in [6.07, 6.45) is 4.18. The van der Waals surface area contributed by atoms with Crippen molar-refractivity contribution in [1.82, 2.24) is 4.57 Å². The molecule has 0 saturated heterocycles. The predicted octanol–water partition coefficient (Wildman–Crippen LogP) is 4.13. The summed E-state index contributed by atoms with van der Waals surface area (Å²) in [5.41, 5.74) is 1.63. The number of nitrogens with one attached hydrogen (secondary N) is 1. The van der Waals surface area contributed by atoms with E-state index >= 15 is 0 Å². The predicted molar refractivity (Wildman–Crippen MR) is 108 cm³/mol. The second kappa shape index (κ2) is 8.99. The van der Waals surface area contributed by atoms with Gasteiger partial charge in [0.2, 0.25) is 5.91 Å². The number of hydrogen-bond donors (Lipinski definition) is 1. The van der Waals surface area contributed by atoms with Crippen LogP contribution in [-0.4, -0.2) is 31.8 Å². The molecule has 0 aliphatic carbocycles. The van der Waals surface area contributed by atoms with Crippen LogP contribution in [0.1, 0.15) is 18.0 Å². The third-order valence-electron chi connectivity index (χ3n) is 4.55. The number of carbonyl (C=O) groups excluding carboxylic acids is 1. The van der Waals surface area contributed by atoms with E-state index in [0.29, 0.717) is 17.2 Å². The molecule has 0 bridgehead atoms. The number of amides is 1. The molecule has 0 aliphatic heterocycles. The fourth-order valence-electron chi connectivity index (χ4n) is 3.06. The molecule has 1 heterocycles. The molecule has 0 unspecified atom stereocenters. The number of hydrogen-bond acceptors (Lipinski definition) is 4. The Morgan fingerprint density at radius 3 is 2.18 bits per heavy atom. The lowest BCUT2D eigenvalue weighted by Gasteiger charge is -2.20. The van der Waals surface area contributed by atoms with Crippen molar-refractivity contribution in [3.05, 3.63) is 72.6 Å². The van der Waals surface area contributed by atoms with Crippen LogP contribution in [0.4, 0.5) is 5.69 Å². The third kappa shape index (κ3) is 4.46. The molecule has 146 valence electrons. The topological polar surface area (TPSA) is 61.7 Å². The highest BCUT2D eigenvalue weighted by molar-refractivity contribution is 5.93. The summed E-state index contributed by atoms with van der Waals surface area (Å²) in [5.74, 6) is 1.88. The lowest BCUT2D eigenvalue weighted by atomic mass is 10.0. The second-order valence-corrected chi connectivity index (χ2v) is 6.24. The van der Waals surface area contributed by atoms with Gasteiger partial charge in [-0.05, 0) is 42.0 Å². The van der Waals surface area contributed by atoms with E-state index in [0.717, 1.165) is 11.3 Å². The monoisotopic (exact) mass is 380 g/mol. The number of aromatic nitrogens is 1. The lowest BCUT2D eigenvalue weighted by molar-refractivity contribution is -0.116. The first-order valence-electron chi connectivity index (χ1n) is 8.93. The van der Waals surface area contributed by atoms with E-state index in [9.17, 15) is 4.79 Å². The maximum absolute atomic E-state index is 12.8. The van der Waals surface area contributed by atoms with Crippen molar-refractivity contribution in [2.75, 3.05) is 26.6 Å². The molecular formula is C22H24N2O4. The van der Waals surface area contributed by atoms with Crippen LogP contribution in [0.25, 0.3) is 0 Å². The first-order chi connectivity index (χ1) is 13.6. The maximum atomic E-state index is 12.8. The summed E-state index contributed by atoms with van der Waals surface area (Å²) in [6, 6.07) is 16.8. The Morgan fingerprint density at radius 2 is 1.57 bits per heavy atom. The quantitative estimate of drug-likeness (QED) is 0.638. The van der Waals surface area contributed by atoms with Gasteiger partial charge in [-0.3, -0.25) is 4.79 Å². The van der Waals surface area contributed by atoms with Crippen LogP contribution in [-0.2, 0) is 4.79 Å². The van der Waals surface area contributed by atoms with Crippen molar-refractivity contribution in [3.63, 3.8) is 0 Å². The number of rotatable bonds is 8. The van der Waals surface area contributed by atoms with Crippen LogP contribution in [0.2, 0.25) is 0 Å². The summed E-state index contributed by atoms with van der Waals surface area (Å²) >= 11 is 0. The van der Waals surface area contributed by atoms with Crippen LogP contribution in [0.3, 0.4) is 0 Å². The molecule has 1 N–H and O–H groups in total. The normalized spacial score (nSPS) is 11.5. The Bertz CT molecular complexity index is 905. The Balaban J connectivity index is 1.80. The molecule has 1 atom stereocenters. The van der Waals surface area contributed by atoms with Gasteiger partial charge in [0, 0.05) is 18.5 Å². The minimum atomic E-state index is -0.134. The number of ether oxygens (including phenoxy) is 3. The molecule has 1 amide bonds. The van der Waals surface area contributed by atoms with Crippen molar-refractivity contribution in [2.24, 2.45) is 0 Å². The fourth-order valence-corrected chi connectivity index (χ4v) is 3.06. The molecule has 6 nitrogen and oxygen atoms in total. The van der Waals surface area contributed by atoms with Gasteiger partial charge in [0.1, 0.15) is 17.2 Å². The van der Waals surface area contributed by atoms with E-state index in [2.05, 4.69) is 5.32 Å². The number of anilines is 1. The summed E-state index contributed by atoms with van der Waals surface area (Å²) < 4.78 is 17.8. The first-order valence-corrected chi connectivity index (χ1v) is 8.93. The van der Waals surface area contributed by atoms with E-state index < -0.39 is 0 Å². The summed E-state index contributed by atoms with van der Waals surface area (Å²) in [7, 11) is 4.78. The van der Waals surface area contributed by atoms with Gasteiger partial charge >= 0.3 is 0 Å². The highest BCUT2D eigenvalue weighted by atomic mass is 16.5. The largest absolute Gasteiger partial charge is 0.497 e. The Morgan fingerprint density at radius 1 is 0.929 bits per heavy atom. The summed E-state index contributed by atoms with van der Waals surface area (Å²) in [5, 5.41) is 2.94. The van der Waals surface area contributed by atoms with Crippen LogP contribution in [0.5, 0.6) is 17.2 Å². The number of nitrogens with zero attached hydrogens (tertiary/aromatic N) is 1. The van der Waals surface area contributed by atoms with Crippen molar-refractivity contribution < 1.29 is 19.0 Å². The number of benzene rings is 2. The molecule has 6 heteroatoms. The minimum absolute atomic E-state index is 0.113. The van der Waals surface area contributed by atoms with Crippen LogP contribution < -0.4 is 19.5 Å². The highest BCUT2D eigenvalue weighted by Gasteiger charge is 2.19. The zero-order valence-electron chi connectivity index (χ0n) is 16.2. The van der Waals surface area contributed by atoms with Crippen LogP contribution in [0, 0.1) is 0 Å². The van der Waals surface area contributed by atoms with Crippen LogP contribution in [0.15, 0.2) is 67.0 Å². The Hall–Kier alpha value is -3.41. The molecule has 0 fully saturated rings. The molecule has 3 aromatic rings. The highest BCUT2D eigenvalue weighted by Crippen LogP contribution is 2.30. The van der Waals surface area contributed by atoms with Gasteiger partial charge in [-0.1, -0.05) is 12.1 Å². The first kappa shape index (κ1) is 19.4. The Kier molecular flexibility index (Phi) is 6.22. The molecular weight excluding hydrogens is 356 g/mol. The Labute approximate surface area is 164 Å². The van der Waals surface area contributed by atoms with E-state index in [1.165, 1.54) is 0 Å². The van der Waals surface area contributed by atoms with Gasteiger partial charge < -0.3 is 24.1 Å². The van der Waals surface area contributed by atoms with Crippen molar-refractivity contribution >= 4 is 11.6 Å². The molecule has 0 radical (unpaired) electrons. The smallest absolute Gasteiger partial charge is 0.226 e. The summed E-state index contributed by atoms with van der Waals surface area (Å²) in [6.45, 7) is 0. The van der Waals surface area contributed by atoms with Crippen molar-refractivity contribution in [1.29, 1.82) is 0 Å². The lowest BCUT2D eigenvalue weighted by Crippen LogP contribution is -2.20. The molecule has 3 rings (SSSR count). The molecule has 1 aromatic heterocycles. The van der Waals surface area contributed by atoms with E-state index in [-0.39, 0.29) is 18.4 Å². The van der Waals surface area contributed by atoms with Gasteiger partial charge in [-0.15, -0.1) is 0 Å². The van der Waals surface area contributed by atoms with Gasteiger partial charge in [0.15, 0.2) is 0 Å².